The molecule has 8 nitrogen and oxygen atoms in total. The van der Waals surface area contributed by atoms with Gasteiger partial charge in [0.2, 0.25) is 5.91 Å². The van der Waals surface area contributed by atoms with Crippen molar-refractivity contribution >= 4 is 11.8 Å². The molecule has 0 radical (unpaired) electrons. The van der Waals surface area contributed by atoms with Gasteiger partial charge < -0.3 is 23.8 Å². The minimum Gasteiger partial charge on any atom is -0.472 e. The lowest BCUT2D eigenvalue weighted by Crippen LogP contribution is -2.38. The highest BCUT2D eigenvalue weighted by molar-refractivity contribution is 5.94. The summed E-state index contributed by atoms with van der Waals surface area (Å²) in [5.41, 5.74) is 0.456. The van der Waals surface area contributed by atoms with Crippen molar-refractivity contribution in [2.75, 3.05) is 45.9 Å². The number of nitrogens with one attached hydrogen (secondary N) is 1. The SMILES string of the molecule is O=C(CCN(Cc1ccco1)C(=O)c1ccoc1)NCCCN1CCOCC1. The van der Waals surface area contributed by atoms with Crippen molar-refractivity contribution in [1.82, 2.24) is 15.1 Å². The molecule has 0 saturated carbocycles. The lowest BCUT2D eigenvalue weighted by molar-refractivity contribution is -0.121. The lowest BCUT2D eigenvalue weighted by Gasteiger charge is -2.26. The number of amides is 2. The van der Waals surface area contributed by atoms with Gasteiger partial charge in [0.25, 0.3) is 5.91 Å². The average Bonchev–Trinajstić information content (AvgIpc) is 3.43. The Bertz CT molecular complexity index is 708. The molecular formula is C20H27N3O5. The average molecular weight is 389 g/mol. The van der Waals surface area contributed by atoms with E-state index in [1.807, 2.05) is 0 Å². The van der Waals surface area contributed by atoms with Gasteiger partial charge in [0.05, 0.1) is 37.8 Å². The third-order valence-electron chi connectivity index (χ3n) is 4.67. The van der Waals surface area contributed by atoms with E-state index in [1.54, 1.807) is 29.4 Å². The number of hydrogen-bond acceptors (Lipinski definition) is 6. The molecule has 3 rings (SSSR count). The van der Waals surface area contributed by atoms with E-state index in [0.717, 1.165) is 39.3 Å². The molecule has 3 heterocycles. The van der Waals surface area contributed by atoms with Gasteiger partial charge in [-0.2, -0.15) is 0 Å². The highest BCUT2D eigenvalue weighted by Crippen LogP contribution is 2.12. The number of ether oxygens (including phenoxy) is 1. The monoisotopic (exact) mass is 389 g/mol. The van der Waals surface area contributed by atoms with E-state index in [4.69, 9.17) is 13.6 Å². The fraction of sp³-hybridized carbons (Fsp3) is 0.500. The first-order chi connectivity index (χ1) is 13.7. The van der Waals surface area contributed by atoms with E-state index < -0.39 is 0 Å². The van der Waals surface area contributed by atoms with Crippen LogP contribution < -0.4 is 5.32 Å². The first kappa shape index (κ1) is 20.2. The van der Waals surface area contributed by atoms with Crippen molar-refractivity contribution in [2.24, 2.45) is 0 Å². The van der Waals surface area contributed by atoms with Gasteiger partial charge in [-0.1, -0.05) is 0 Å². The van der Waals surface area contributed by atoms with Crippen LogP contribution >= 0.6 is 0 Å². The highest BCUT2D eigenvalue weighted by atomic mass is 16.5. The fourth-order valence-electron chi connectivity index (χ4n) is 3.09. The van der Waals surface area contributed by atoms with Crippen LogP contribution in [0.15, 0.2) is 45.8 Å². The Hall–Kier alpha value is -2.58. The van der Waals surface area contributed by atoms with Gasteiger partial charge in [-0.3, -0.25) is 14.5 Å². The molecule has 1 N–H and O–H groups in total. The largest absolute Gasteiger partial charge is 0.472 e. The van der Waals surface area contributed by atoms with Crippen LogP contribution in [0.3, 0.4) is 0 Å². The molecule has 0 aliphatic carbocycles. The van der Waals surface area contributed by atoms with Crippen LogP contribution in [0.25, 0.3) is 0 Å². The third-order valence-corrected chi connectivity index (χ3v) is 4.67. The van der Waals surface area contributed by atoms with Gasteiger partial charge in [0.15, 0.2) is 0 Å². The molecule has 0 atom stereocenters. The summed E-state index contributed by atoms with van der Waals surface area (Å²) in [6, 6.07) is 5.20. The normalized spacial score (nSPS) is 14.7. The van der Waals surface area contributed by atoms with Crippen molar-refractivity contribution in [2.45, 2.75) is 19.4 Å². The number of nitrogens with zero attached hydrogens (tertiary/aromatic N) is 2. The molecule has 0 unspecified atom stereocenters. The van der Waals surface area contributed by atoms with Gasteiger partial charge in [-0.25, -0.2) is 0 Å². The predicted molar refractivity (Wildman–Crippen MR) is 102 cm³/mol. The smallest absolute Gasteiger partial charge is 0.257 e. The molecule has 2 aromatic rings. The molecule has 2 aromatic heterocycles. The standard InChI is InChI=1S/C20H27N3O5/c24-19(21-6-2-7-22-9-13-26-14-10-22)4-8-23(15-18-3-1-11-28-18)20(25)17-5-12-27-16-17/h1,3,5,11-12,16H,2,4,6-10,13-15H2,(H,21,24). The summed E-state index contributed by atoms with van der Waals surface area (Å²) >= 11 is 0. The third kappa shape index (κ3) is 6.24. The summed E-state index contributed by atoms with van der Waals surface area (Å²) in [5, 5.41) is 2.93. The zero-order valence-electron chi connectivity index (χ0n) is 16.0. The Morgan fingerprint density at radius 2 is 2.04 bits per heavy atom. The van der Waals surface area contributed by atoms with E-state index >= 15 is 0 Å². The Balaban J connectivity index is 1.41. The quantitative estimate of drug-likeness (QED) is 0.623. The molecule has 1 aliphatic rings. The van der Waals surface area contributed by atoms with E-state index in [9.17, 15) is 9.59 Å². The Morgan fingerprint density at radius 3 is 2.75 bits per heavy atom. The summed E-state index contributed by atoms with van der Waals surface area (Å²) in [6.45, 7) is 5.65. The van der Waals surface area contributed by atoms with Crippen molar-refractivity contribution in [3.05, 3.63) is 48.3 Å². The van der Waals surface area contributed by atoms with Gasteiger partial charge >= 0.3 is 0 Å². The molecule has 0 bridgehead atoms. The molecule has 1 aliphatic heterocycles. The molecule has 8 heteroatoms. The zero-order chi connectivity index (χ0) is 19.6. The maximum atomic E-state index is 12.7. The van der Waals surface area contributed by atoms with E-state index in [2.05, 4.69) is 10.2 Å². The zero-order valence-corrected chi connectivity index (χ0v) is 16.0. The van der Waals surface area contributed by atoms with Crippen molar-refractivity contribution in [1.29, 1.82) is 0 Å². The first-order valence-electron chi connectivity index (χ1n) is 9.63. The van der Waals surface area contributed by atoms with E-state index in [0.29, 0.717) is 31.0 Å². The van der Waals surface area contributed by atoms with Crippen LogP contribution in [0, 0.1) is 0 Å². The molecule has 1 saturated heterocycles. The summed E-state index contributed by atoms with van der Waals surface area (Å²) < 4.78 is 15.7. The van der Waals surface area contributed by atoms with Crippen LogP contribution in [0.5, 0.6) is 0 Å². The van der Waals surface area contributed by atoms with Crippen LogP contribution in [-0.4, -0.2) is 67.6 Å². The Kier molecular flexibility index (Phi) is 7.69. The van der Waals surface area contributed by atoms with E-state index in [1.165, 1.54) is 12.5 Å². The van der Waals surface area contributed by atoms with Gasteiger partial charge in [-0.05, 0) is 31.2 Å². The number of hydrogen-bond donors (Lipinski definition) is 1. The van der Waals surface area contributed by atoms with Crippen LogP contribution in [-0.2, 0) is 16.1 Å². The van der Waals surface area contributed by atoms with Crippen molar-refractivity contribution < 1.29 is 23.2 Å². The van der Waals surface area contributed by atoms with Crippen molar-refractivity contribution in [3.8, 4) is 0 Å². The van der Waals surface area contributed by atoms with Crippen LogP contribution in [0.1, 0.15) is 29.0 Å². The number of rotatable bonds is 10. The van der Waals surface area contributed by atoms with Gasteiger partial charge in [0.1, 0.15) is 12.0 Å². The minimum absolute atomic E-state index is 0.0635. The van der Waals surface area contributed by atoms with E-state index in [-0.39, 0.29) is 18.2 Å². The van der Waals surface area contributed by atoms with Crippen LogP contribution in [0.2, 0.25) is 0 Å². The number of morpholine rings is 1. The van der Waals surface area contributed by atoms with Crippen LogP contribution in [0.4, 0.5) is 0 Å². The summed E-state index contributed by atoms with van der Waals surface area (Å²) in [7, 11) is 0. The number of furan rings is 2. The maximum Gasteiger partial charge on any atom is 0.257 e. The molecule has 0 spiro atoms. The second-order valence-corrected chi connectivity index (χ2v) is 6.73. The topological polar surface area (TPSA) is 88.2 Å². The summed E-state index contributed by atoms with van der Waals surface area (Å²) in [6.07, 6.45) is 5.57. The summed E-state index contributed by atoms with van der Waals surface area (Å²) in [5.74, 6) is 0.416. The molecule has 152 valence electrons. The molecule has 2 amide bonds. The number of carbonyl (C=O) groups is 2. The minimum atomic E-state index is -0.190. The molecule has 0 aromatic carbocycles. The molecular weight excluding hydrogens is 362 g/mol. The van der Waals surface area contributed by atoms with Crippen molar-refractivity contribution in [3.63, 3.8) is 0 Å². The number of carbonyl (C=O) groups excluding carboxylic acids is 2. The van der Waals surface area contributed by atoms with Gasteiger partial charge in [0, 0.05) is 32.6 Å². The Labute approximate surface area is 164 Å². The summed E-state index contributed by atoms with van der Waals surface area (Å²) in [4.78, 5) is 28.8. The molecule has 28 heavy (non-hydrogen) atoms. The highest BCUT2D eigenvalue weighted by Gasteiger charge is 2.19. The fourth-order valence-corrected chi connectivity index (χ4v) is 3.09. The second kappa shape index (κ2) is 10.7. The second-order valence-electron chi connectivity index (χ2n) is 6.73. The molecule has 1 fully saturated rings. The maximum absolute atomic E-state index is 12.7. The first-order valence-corrected chi connectivity index (χ1v) is 9.63. The van der Waals surface area contributed by atoms with Gasteiger partial charge in [-0.15, -0.1) is 0 Å². The lowest BCUT2D eigenvalue weighted by atomic mass is 10.2. The predicted octanol–water partition coefficient (Wildman–Crippen LogP) is 1.74. The Morgan fingerprint density at radius 1 is 1.18 bits per heavy atom.